The van der Waals surface area contributed by atoms with Gasteiger partial charge in [-0.25, -0.2) is 0 Å². The van der Waals surface area contributed by atoms with Crippen molar-refractivity contribution in [3.05, 3.63) is 29.6 Å². The molecule has 0 bridgehead atoms. The predicted octanol–water partition coefficient (Wildman–Crippen LogP) is 3.82. The average Bonchev–Trinajstić information content (AvgIpc) is 3.09. The van der Waals surface area contributed by atoms with Crippen molar-refractivity contribution in [2.45, 2.75) is 49.0 Å². The molecule has 0 spiro atoms. The van der Waals surface area contributed by atoms with Crippen LogP contribution in [-0.4, -0.2) is 17.1 Å². The highest BCUT2D eigenvalue weighted by molar-refractivity contribution is 14.1. The second kappa shape index (κ2) is 5.22. The van der Waals surface area contributed by atoms with Crippen LogP contribution in [0.4, 0.5) is 0 Å². The van der Waals surface area contributed by atoms with E-state index in [9.17, 15) is 0 Å². The van der Waals surface area contributed by atoms with E-state index in [2.05, 4.69) is 65.8 Å². The third-order valence-electron chi connectivity index (χ3n) is 2.98. The van der Waals surface area contributed by atoms with Crippen LogP contribution in [0.15, 0.2) is 18.3 Å². The highest BCUT2D eigenvalue weighted by Gasteiger charge is 2.29. The van der Waals surface area contributed by atoms with Gasteiger partial charge in [-0.15, -0.1) is 0 Å². The van der Waals surface area contributed by atoms with Crippen molar-refractivity contribution in [3.63, 3.8) is 0 Å². The maximum atomic E-state index is 4.57. The lowest BCUT2D eigenvalue weighted by atomic mass is 10.1. The molecule has 2 nitrogen and oxygen atoms in total. The molecule has 1 fully saturated rings. The van der Waals surface area contributed by atoms with E-state index in [-0.39, 0.29) is 5.54 Å². The SMILES string of the molecule is CC(C)(C)NCC(I)c1cccnc1C1CC1. The van der Waals surface area contributed by atoms with Crippen LogP contribution in [0.25, 0.3) is 0 Å². The highest BCUT2D eigenvalue weighted by atomic mass is 127. The Bertz CT molecular complexity index is 380. The van der Waals surface area contributed by atoms with Crippen molar-refractivity contribution in [2.75, 3.05) is 6.54 Å². The Morgan fingerprint density at radius 1 is 1.47 bits per heavy atom. The zero-order valence-electron chi connectivity index (χ0n) is 10.8. The minimum absolute atomic E-state index is 0.186. The van der Waals surface area contributed by atoms with Crippen LogP contribution in [0.5, 0.6) is 0 Å². The van der Waals surface area contributed by atoms with Gasteiger partial charge in [-0.1, -0.05) is 28.7 Å². The fraction of sp³-hybridized carbons (Fsp3) is 0.643. The van der Waals surface area contributed by atoms with Crippen LogP contribution >= 0.6 is 22.6 Å². The molecule has 1 aromatic rings. The largest absolute Gasteiger partial charge is 0.311 e. The van der Waals surface area contributed by atoms with E-state index < -0.39 is 0 Å². The molecular formula is C14H21IN2. The summed E-state index contributed by atoms with van der Waals surface area (Å²) in [5.41, 5.74) is 2.95. The molecular weight excluding hydrogens is 323 g/mol. The lowest BCUT2D eigenvalue weighted by molar-refractivity contribution is 0.429. The molecule has 1 saturated carbocycles. The molecule has 1 N–H and O–H groups in total. The van der Waals surface area contributed by atoms with Gasteiger partial charge in [0.2, 0.25) is 0 Å². The smallest absolute Gasteiger partial charge is 0.0502 e. The first-order chi connectivity index (χ1) is 7.97. The Balaban J connectivity index is 2.05. The molecule has 0 aliphatic heterocycles. The summed E-state index contributed by atoms with van der Waals surface area (Å²) >= 11 is 2.53. The fourth-order valence-electron chi connectivity index (χ4n) is 1.90. The third-order valence-corrected chi connectivity index (χ3v) is 4.10. The number of nitrogens with one attached hydrogen (secondary N) is 1. The monoisotopic (exact) mass is 344 g/mol. The summed E-state index contributed by atoms with van der Waals surface area (Å²) in [5.74, 6) is 0.734. The Kier molecular flexibility index (Phi) is 4.08. The lowest BCUT2D eigenvalue weighted by Crippen LogP contribution is -2.37. The van der Waals surface area contributed by atoms with Gasteiger partial charge in [-0.05, 0) is 45.2 Å². The Hall–Kier alpha value is -0.160. The van der Waals surface area contributed by atoms with E-state index >= 15 is 0 Å². The molecule has 0 aromatic carbocycles. The molecule has 1 unspecified atom stereocenters. The van der Waals surface area contributed by atoms with Crippen LogP contribution in [0, 0.1) is 0 Å². The summed E-state index contributed by atoms with van der Waals surface area (Å²) < 4.78 is 0.510. The molecule has 1 heterocycles. The Morgan fingerprint density at radius 3 is 2.76 bits per heavy atom. The molecule has 0 amide bonds. The molecule has 1 aliphatic rings. The van der Waals surface area contributed by atoms with Gasteiger partial charge in [0, 0.05) is 29.9 Å². The van der Waals surface area contributed by atoms with E-state index in [0.29, 0.717) is 3.92 Å². The van der Waals surface area contributed by atoms with Crippen molar-refractivity contribution in [1.29, 1.82) is 0 Å². The minimum Gasteiger partial charge on any atom is -0.311 e. The zero-order valence-corrected chi connectivity index (χ0v) is 13.0. The summed E-state index contributed by atoms with van der Waals surface area (Å²) in [6.45, 7) is 7.64. The second-order valence-electron chi connectivity index (χ2n) is 5.85. The molecule has 3 heteroatoms. The van der Waals surface area contributed by atoms with Crippen molar-refractivity contribution < 1.29 is 0 Å². The molecule has 1 atom stereocenters. The highest BCUT2D eigenvalue weighted by Crippen LogP contribution is 2.43. The van der Waals surface area contributed by atoms with Crippen LogP contribution in [0.3, 0.4) is 0 Å². The van der Waals surface area contributed by atoms with Crippen LogP contribution in [0.2, 0.25) is 0 Å². The van der Waals surface area contributed by atoms with Gasteiger partial charge in [0.1, 0.15) is 0 Å². The topological polar surface area (TPSA) is 24.9 Å². The first-order valence-electron chi connectivity index (χ1n) is 6.31. The lowest BCUT2D eigenvalue weighted by Gasteiger charge is -2.23. The summed E-state index contributed by atoms with van der Waals surface area (Å²) in [4.78, 5) is 4.57. The zero-order chi connectivity index (χ0) is 12.5. The van der Waals surface area contributed by atoms with Gasteiger partial charge in [-0.2, -0.15) is 0 Å². The van der Waals surface area contributed by atoms with Crippen LogP contribution in [-0.2, 0) is 0 Å². The van der Waals surface area contributed by atoms with E-state index in [1.54, 1.807) is 0 Å². The van der Waals surface area contributed by atoms with Crippen molar-refractivity contribution in [3.8, 4) is 0 Å². The summed E-state index contributed by atoms with van der Waals surface area (Å²) in [6.07, 6.45) is 4.57. The number of rotatable bonds is 4. The molecule has 17 heavy (non-hydrogen) atoms. The van der Waals surface area contributed by atoms with Crippen molar-refractivity contribution >= 4 is 22.6 Å². The van der Waals surface area contributed by atoms with Gasteiger partial charge in [0.05, 0.1) is 3.92 Å². The predicted molar refractivity (Wildman–Crippen MR) is 80.7 cm³/mol. The van der Waals surface area contributed by atoms with E-state index in [1.807, 2.05) is 6.20 Å². The van der Waals surface area contributed by atoms with E-state index in [1.165, 1.54) is 24.1 Å². The summed E-state index contributed by atoms with van der Waals surface area (Å²) in [5, 5.41) is 3.57. The fourth-order valence-corrected chi connectivity index (χ4v) is 2.65. The number of alkyl halides is 1. The first-order valence-corrected chi connectivity index (χ1v) is 7.56. The van der Waals surface area contributed by atoms with E-state index in [4.69, 9.17) is 0 Å². The molecule has 0 radical (unpaired) electrons. The van der Waals surface area contributed by atoms with Gasteiger partial charge in [0.15, 0.2) is 0 Å². The maximum absolute atomic E-state index is 4.57. The molecule has 94 valence electrons. The standard InChI is InChI=1S/C14H21IN2/c1-14(2,3)17-9-12(15)11-5-4-8-16-13(11)10-6-7-10/h4-5,8,10,12,17H,6-7,9H2,1-3H3. The van der Waals surface area contributed by atoms with Crippen LogP contribution in [0.1, 0.15) is 54.7 Å². The third kappa shape index (κ3) is 3.91. The summed E-state index contributed by atoms with van der Waals surface area (Å²) in [7, 11) is 0. The Morgan fingerprint density at radius 2 is 2.18 bits per heavy atom. The number of aromatic nitrogens is 1. The first kappa shape index (κ1) is 13.3. The summed E-state index contributed by atoms with van der Waals surface area (Å²) in [6, 6.07) is 4.30. The normalized spacial score (nSPS) is 18.1. The maximum Gasteiger partial charge on any atom is 0.0502 e. The number of hydrogen-bond donors (Lipinski definition) is 1. The molecule has 0 saturated heterocycles. The molecule has 1 aliphatic carbocycles. The van der Waals surface area contributed by atoms with Gasteiger partial charge >= 0.3 is 0 Å². The van der Waals surface area contributed by atoms with Crippen molar-refractivity contribution in [2.24, 2.45) is 0 Å². The number of pyridine rings is 1. The molecule has 2 rings (SSSR count). The van der Waals surface area contributed by atoms with Crippen LogP contribution < -0.4 is 5.32 Å². The number of halogens is 1. The average molecular weight is 344 g/mol. The second-order valence-corrected chi connectivity index (χ2v) is 7.35. The molecule has 1 aromatic heterocycles. The van der Waals surface area contributed by atoms with Gasteiger partial charge < -0.3 is 5.32 Å². The van der Waals surface area contributed by atoms with Crippen molar-refractivity contribution in [1.82, 2.24) is 10.3 Å². The Labute approximate surface area is 118 Å². The minimum atomic E-state index is 0.186. The van der Waals surface area contributed by atoms with Gasteiger partial charge in [-0.3, -0.25) is 4.98 Å². The number of nitrogens with zero attached hydrogens (tertiary/aromatic N) is 1. The number of hydrogen-bond acceptors (Lipinski definition) is 2. The van der Waals surface area contributed by atoms with Gasteiger partial charge in [0.25, 0.3) is 0 Å². The quantitative estimate of drug-likeness (QED) is 0.663. The van der Waals surface area contributed by atoms with E-state index in [0.717, 1.165) is 12.5 Å².